The zero-order valence-corrected chi connectivity index (χ0v) is 15.7. The van der Waals surface area contributed by atoms with Crippen molar-refractivity contribution in [2.75, 3.05) is 13.1 Å². The molecule has 7 nitrogen and oxygen atoms in total. The highest BCUT2D eigenvalue weighted by molar-refractivity contribution is 7.86. The van der Waals surface area contributed by atoms with Crippen LogP contribution in [0.25, 0.3) is 0 Å². The Hall–Kier alpha value is -0.960. The molecule has 0 aromatic carbocycles. The highest BCUT2D eigenvalue weighted by Gasteiger charge is 2.46. The SMILES string of the molecule is C=C(C)C(=O)OC(C)OC(C)[N+](CC)(CC)C(CC)S(=O)(=O)O. The van der Waals surface area contributed by atoms with Gasteiger partial charge in [0.05, 0.1) is 13.1 Å². The molecule has 3 atom stereocenters. The van der Waals surface area contributed by atoms with Crippen LogP contribution in [-0.4, -0.2) is 54.4 Å². The molecule has 0 bridgehead atoms. The Balaban J connectivity index is 5.37. The summed E-state index contributed by atoms with van der Waals surface area (Å²) in [6, 6.07) is 0. The van der Waals surface area contributed by atoms with Gasteiger partial charge in [-0.2, -0.15) is 8.42 Å². The molecule has 23 heavy (non-hydrogen) atoms. The van der Waals surface area contributed by atoms with Crippen molar-refractivity contribution in [3.8, 4) is 0 Å². The summed E-state index contributed by atoms with van der Waals surface area (Å²) < 4.78 is 43.9. The second-order valence-corrected chi connectivity index (χ2v) is 7.18. The van der Waals surface area contributed by atoms with E-state index in [1.165, 1.54) is 6.92 Å². The van der Waals surface area contributed by atoms with Gasteiger partial charge < -0.3 is 4.74 Å². The Morgan fingerprint density at radius 2 is 1.70 bits per heavy atom. The van der Waals surface area contributed by atoms with E-state index in [-0.39, 0.29) is 16.5 Å². The first-order valence-corrected chi connectivity index (χ1v) is 9.31. The third kappa shape index (κ3) is 5.56. The Morgan fingerprint density at radius 1 is 1.22 bits per heavy atom. The minimum Gasteiger partial charge on any atom is -0.432 e. The van der Waals surface area contributed by atoms with Crippen LogP contribution in [0.15, 0.2) is 12.2 Å². The number of nitrogens with zero attached hydrogens (tertiary/aromatic N) is 1. The lowest BCUT2D eigenvalue weighted by Gasteiger charge is -2.45. The Labute approximate surface area is 139 Å². The van der Waals surface area contributed by atoms with Gasteiger partial charge in [0.1, 0.15) is 0 Å². The van der Waals surface area contributed by atoms with E-state index < -0.39 is 34.0 Å². The van der Waals surface area contributed by atoms with Gasteiger partial charge in [0.15, 0.2) is 6.23 Å². The van der Waals surface area contributed by atoms with Crippen molar-refractivity contribution in [2.24, 2.45) is 0 Å². The zero-order chi connectivity index (χ0) is 18.4. The highest BCUT2D eigenvalue weighted by atomic mass is 32.2. The summed E-state index contributed by atoms with van der Waals surface area (Å²) in [6.07, 6.45) is -1.21. The van der Waals surface area contributed by atoms with Crippen LogP contribution in [0.3, 0.4) is 0 Å². The van der Waals surface area contributed by atoms with Gasteiger partial charge in [-0.05, 0) is 27.7 Å². The Kier molecular flexibility index (Phi) is 8.40. The maximum atomic E-state index is 11.8. The van der Waals surface area contributed by atoms with E-state index in [2.05, 4.69) is 6.58 Å². The largest absolute Gasteiger partial charge is 0.432 e. The molecular weight excluding hydrogens is 322 g/mol. The molecule has 0 heterocycles. The molecule has 0 rings (SSSR count). The molecular formula is C15H30NO6S+. The molecule has 0 fully saturated rings. The molecule has 1 N–H and O–H groups in total. The van der Waals surface area contributed by atoms with Crippen LogP contribution in [0.2, 0.25) is 0 Å². The minimum absolute atomic E-state index is 0.0182. The molecule has 0 radical (unpaired) electrons. The van der Waals surface area contributed by atoms with E-state index in [0.29, 0.717) is 13.1 Å². The van der Waals surface area contributed by atoms with Crippen molar-refractivity contribution in [2.45, 2.75) is 65.9 Å². The lowest BCUT2D eigenvalue weighted by Crippen LogP contribution is -2.63. The smallest absolute Gasteiger partial charge is 0.335 e. The van der Waals surface area contributed by atoms with Gasteiger partial charge in [0.2, 0.25) is 11.7 Å². The van der Waals surface area contributed by atoms with E-state index in [4.69, 9.17) is 9.47 Å². The number of hydrogen-bond donors (Lipinski definition) is 1. The van der Waals surface area contributed by atoms with E-state index in [9.17, 15) is 17.8 Å². The zero-order valence-electron chi connectivity index (χ0n) is 14.9. The van der Waals surface area contributed by atoms with Crippen LogP contribution < -0.4 is 0 Å². The van der Waals surface area contributed by atoms with Crippen LogP contribution in [0.5, 0.6) is 0 Å². The fraction of sp³-hybridized carbons (Fsp3) is 0.800. The standard InChI is InChI=1S/C15H29NO6S/c1-8-14(23(18,19)20)16(9-2,10-3)12(6)21-13(7)22-15(17)11(4)5/h12-14H,4,8-10H2,1-3,5-7H3/p+1. The average Bonchev–Trinajstić information content (AvgIpc) is 2.42. The predicted octanol–water partition coefficient (Wildman–Crippen LogP) is 2.29. The van der Waals surface area contributed by atoms with Crippen LogP contribution in [0.1, 0.15) is 48.0 Å². The molecule has 3 unspecified atom stereocenters. The first kappa shape index (κ1) is 22.0. The first-order chi connectivity index (χ1) is 10.5. The fourth-order valence-corrected chi connectivity index (χ4v) is 4.32. The van der Waals surface area contributed by atoms with Gasteiger partial charge in [-0.15, -0.1) is 0 Å². The van der Waals surface area contributed by atoms with Crippen molar-refractivity contribution in [3.05, 3.63) is 12.2 Å². The predicted molar refractivity (Wildman–Crippen MR) is 87.9 cm³/mol. The summed E-state index contributed by atoms with van der Waals surface area (Å²) in [5.74, 6) is -0.572. The van der Waals surface area contributed by atoms with Crippen molar-refractivity contribution >= 4 is 16.1 Å². The molecule has 0 aromatic rings. The van der Waals surface area contributed by atoms with Crippen molar-refractivity contribution in [1.29, 1.82) is 0 Å². The molecule has 0 aliphatic heterocycles. The van der Waals surface area contributed by atoms with E-state index in [1.807, 2.05) is 13.8 Å². The lowest BCUT2D eigenvalue weighted by atomic mass is 10.2. The van der Waals surface area contributed by atoms with E-state index in [1.54, 1.807) is 20.8 Å². The number of esters is 1. The van der Waals surface area contributed by atoms with Crippen LogP contribution in [0, 0.1) is 0 Å². The number of carbonyl (C=O) groups excluding carboxylic acids is 1. The number of quaternary nitrogens is 1. The molecule has 0 aromatic heterocycles. The maximum Gasteiger partial charge on any atom is 0.335 e. The maximum absolute atomic E-state index is 11.8. The van der Waals surface area contributed by atoms with Crippen LogP contribution in [-0.2, 0) is 24.4 Å². The molecule has 0 aliphatic rings. The topological polar surface area (TPSA) is 89.9 Å². The average molecular weight is 352 g/mol. The van der Waals surface area contributed by atoms with E-state index >= 15 is 0 Å². The van der Waals surface area contributed by atoms with Crippen molar-refractivity contribution in [3.63, 3.8) is 0 Å². The summed E-state index contributed by atoms with van der Waals surface area (Å²) in [5.41, 5.74) is 0.254. The van der Waals surface area contributed by atoms with Crippen LogP contribution in [0.4, 0.5) is 0 Å². The third-order valence-electron chi connectivity index (χ3n) is 4.18. The van der Waals surface area contributed by atoms with Crippen LogP contribution >= 0.6 is 0 Å². The molecule has 0 aliphatic carbocycles. The molecule has 136 valence electrons. The second kappa shape index (κ2) is 8.77. The molecule has 0 spiro atoms. The monoisotopic (exact) mass is 352 g/mol. The quantitative estimate of drug-likeness (QED) is 0.213. The van der Waals surface area contributed by atoms with Gasteiger partial charge >= 0.3 is 16.1 Å². The summed E-state index contributed by atoms with van der Waals surface area (Å²) in [5, 5.41) is -1.00. The van der Waals surface area contributed by atoms with Gasteiger partial charge in [-0.25, -0.2) is 4.79 Å². The van der Waals surface area contributed by atoms with Gasteiger partial charge in [-0.3, -0.25) is 13.8 Å². The Bertz CT molecular complexity index is 512. The van der Waals surface area contributed by atoms with Crippen molar-refractivity contribution in [1.82, 2.24) is 0 Å². The number of rotatable bonds is 10. The summed E-state index contributed by atoms with van der Waals surface area (Å²) in [6.45, 7) is 14.6. The number of hydrogen-bond acceptors (Lipinski definition) is 5. The Morgan fingerprint density at radius 3 is 2.00 bits per heavy atom. The lowest BCUT2D eigenvalue weighted by molar-refractivity contribution is -0.978. The van der Waals surface area contributed by atoms with Gasteiger partial charge in [0, 0.05) is 18.9 Å². The molecule has 0 saturated carbocycles. The minimum atomic E-state index is -4.24. The highest BCUT2D eigenvalue weighted by Crippen LogP contribution is 2.27. The normalized spacial score (nSPS) is 16.5. The summed E-state index contributed by atoms with van der Waals surface area (Å²) >= 11 is 0. The molecule has 0 amide bonds. The first-order valence-electron chi connectivity index (χ1n) is 7.80. The van der Waals surface area contributed by atoms with Gasteiger partial charge in [0.25, 0.3) is 0 Å². The number of ether oxygens (including phenoxy) is 2. The van der Waals surface area contributed by atoms with E-state index in [0.717, 1.165) is 0 Å². The third-order valence-corrected chi connectivity index (χ3v) is 5.62. The fourth-order valence-electron chi connectivity index (χ4n) is 2.90. The number of carbonyl (C=O) groups is 1. The summed E-state index contributed by atoms with van der Waals surface area (Å²) in [7, 11) is -4.24. The molecule has 0 saturated heterocycles. The van der Waals surface area contributed by atoms with Crippen molar-refractivity contribution < 1.29 is 31.7 Å². The second-order valence-electron chi connectivity index (χ2n) is 5.60. The summed E-state index contributed by atoms with van der Waals surface area (Å²) in [4.78, 5) is 11.5. The molecule has 8 heteroatoms. The van der Waals surface area contributed by atoms with Gasteiger partial charge in [-0.1, -0.05) is 13.5 Å².